The highest BCUT2D eigenvalue weighted by molar-refractivity contribution is 5.56. The molecule has 0 aliphatic carbocycles. The molecule has 0 amide bonds. The van der Waals surface area contributed by atoms with E-state index in [4.69, 9.17) is 15.3 Å². The second-order valence-corrected chi connectivity index (χ2v) is 2.07. The summed E-state index contributed by atoms with van der Waals surface area (Å²) >= 11 is 0. The first-order chi connectivity index (χ1) is 5.17. The Labute approximate surface area is 64.2 Å². The molecule has 0 radical (unpaired) electrons. The average Bonchev–Trinajstić information content (AvgIpc) is 2.05. The van der Waals surface area contributed by atoms with Crippen LogP contribution in [0.1, 0.15) is 0 Å². The molecule has 11 heavy (non-hydrogen) atoms. The van der Waals surface area contributed by atoms with Crippen molar-refractivity contribution in [1.82, 2.24) is 0 Å². The van der Waals surface area contributed by atoms with Crippen molar-refractivity contribution in [3.05, 3.63) is 0 Å². The third kappa shape index (κ3) is 2.94. The van der Waals surface area contributed by atoms with Gasteiger partial charge in [0.05, 0.1) is 6.61 Å². The van der Waals surface area contributed by atoms with E-state index in [0.717, 1.165) is 0 Å². The molecule has 0 aliphatic rings. The van der Waals surface area contributed by atoms with Crippen LogP contribution in [0.5, 0.6) is 0 Å². The lowest BCUT2D eigenvalue weighted by atomic mass is 10.1. The molecule has 0 fully saturated rings. The molecule has 0 spiro atoms. The Bertz CT molecular complexity index is 112. The molecule has 0 aromatic rings. The summed E-state index contributed by atoms with van der Waals surface area (Å²) in [5, 5.41) is 26.3. The largest absolute Gasteiger partial charge is 0.394 e. The van der Waals surface area contributed by atoms with Crippen LogP contribution < -0.4 is 0 Å². The van der Waals surface area contributed by atoms with Gasteiger partial charge in [0.1, 0.15) is 18.3 Å². The average molecular weight is 164 g/mol. The van der Waals surface area contributed by atoms with Crippen LogP contribution in [-0.2, 0) is 9.53 Å². The first-order valence-electron chi connectivity index (χ1n) is 3.12. The van der Waals surface area contributed by atoms with Crippen LogP contribution in [0.2, 0.25) is 0 Å². The smallest absolute Gasteiger partial charge is 0.151 e. The first kappa shape index (κ1) is 10.5. The number of hydrogen-bond acceptors (Lipinski definition) is 5. The quantitative estimate of drug-likeness (QED) is 0.406. The lowest BCUT2D eigenvalue weighted by Crippen LogP contribution is -2.41. The molecule has 0 rings (SSSR count). The number of ether oxygens (including phenoxy) is 1. The molecule has 66 valence electrons. The summed E-state index contributed by atoms with van der Waals surface area (Å²) in [7, 11) is 1.27. The second-order valence-electron chi connectivity index (χ2n) is 2.07. The molecular formula is C6H12O5. The van der Waals surface area contributed by atoms with Crippen molar-refractivity contribution >= 4 is 6.29 Å². The Morgan fingerprint density at radius 2 is 2.09 bits per heavy atom. The van der Waals surface area contributed by atoms with E-state index in [1.165, 1.54) is 7.11 Å². The molecule has 3 N–H and O–H groups in total. The number of methoxy groups -OCH3 is 1. The number of carbonyl (C=O) groups excluding carboxylic acids is 1. The van der Waals surface area contributed by atoms with E-state index in [9.17, 15) is 4.79 Å². The number of aldehydes is 1. The Morgan fingerprint density at radius 3 is 2.36 bits per heavy atom. The van der Waals surface area contributed by atoms with Gasteiger partial charge in [-0.25, -0.2) is 0 Å². The van der Waals surface area contributed by atoms with Crippen molar-refractivity contribution in [2.45, 2.75) is 18.3 Å². The summed E-state index contributed by atoms with van der Waals surface area (Å²) in [4.78, 5) is 9.94. The van der Waals surface area contributed by atoms with Gasteiger partial charge in [-0.05, 0) is 0 Å². The van der Waals surface area contributed by atoms with Crippen molar-refractivity contribution in [1.29, 1.82) is 0 Å². The highest BCUT2D eigenvalue weighted by Gasteiger charge is 2.24. The van der Waals surface area contributed by atoms with Crippen LogP contribution in [0, 0.1) is 0 Å². The predicted octanol–water partition coefficient (Wildman–Crippen LogP) is -2.09. The van der Waals surface area contributed by atoms with Crippen molar-refractivity contribution < 1.29 is 24.9 Å². The maximum atomic E-state index is 9.94. The predicted molar refractivity (Wildman–Crippen MR) is 36.0 cm³/mol. The van der Waals surface area contributed by atoms with Gasteiger partial charge >= 0.3 is 0 Å². The van der Waals surface area contributed by atoms with Gasteiger partial charge in [-0.1, -0.05) is 0 Å². The monoisotopic (exact) mass is 164 g/mol. The Balaban J connectivity index is 3.95. The van der Waals surface area contributed by atoms with E-state index < -0.39 is 24.9 Å². The van der Waals surface area contributed by atoms with Gasteiger partial charge in [-0.2, -0.15) is 0 Å². The fraction of sp³-hybridized carbons (Fsp3) is 0.833. The van der Waals surface area contributed by atoms with Crippen molar-refractivity contribution in [3.8, 4) is 0 Å². The van der Waals surface area contributed by atoms with E-state index in [1.54, 1.807) is 0 Å². The summed E-state index contributed by atoms with van der Waals surface area (Å²) < 4.78 is 4.57. The normalized spacial score (nSPS) is 18.9. The SMILES string of the molecule is COC(CO)C(O)C(O)C=O. The molecule has 3 unspecified atom stereocenters. The highest BCUT2D eigenvalue weighted by Crippen LogP contribution is 2.00. The zero-order chi connectivity index (χ0) is 8.85. The van der Waals surface area contributed by atoms with E-state index in [0.29, 0.717) is 0 Å². The molecule has 3 atom stereocenters. The van der Waals surface area contributed by atoms with Gasteiger partial charge in [0, 0.05) is 7.11 Å². The van der Waals surface area contributed by atoms with Crippen LogP contribution in [0.3, 0.4) is 0 Å². The van der Waals surface area contributed by atoms with Crippen molar-refractivity contribution in [2.24, 2.45) is 0 Å². The van der Waals surface area contributed by atoms with Crippen LogP contribution in [0.15, 0.2) is 0 Å². The summed E-state index contributed by atoms with van der Waals surface area (Å²) in [5.74, 6) is 0. The molecule has 0 bridgehead atoms. The van der Waals surface area contributed by atoms with Crippen LogP contribution in [0.25, 0.3) is 0 Å². The van der Waals surface area contributed by atoms with E-state index in [2.05, 4.69) is 4.74 Å². The molecule has 5 nitrogen and oxygen atoms in total. The summed E-state index contributed by atoms with van der Waals surface area (Å²) in [6.45, 7) is -0.442. The van der Waals surface area contributed by atoms with Crippen LogP contribution in [-0.4, -0.2) is 53.6 Å². The van der Waals surface area contributed by atoms with Gasteiger partial charge in [-0.15, -0.1) is 0 Å². The van der Waals surface area contributed by atoms with Crippen molar-refractivity contribution in [2.75, 3.05) is 13.7 Å². The number of aliphatic hydroxyl groups excluding tert-OH is 3. The fourth-order valence-electron chi connectivity index (χ4n) is 0.622. The molecule has 0 saturated carbocycles. The number of hydrogen-bond donors (Lipinski definition) is 3. The molecule has 0 aliphatic heterocycles. The molecule has 0 heterocycles. The number of aliphatic hydroxyl groups is 3. The molecule has 0 aromatic carbocycles. The van der Waals surface area contributed by atoms with E-state index in [-0.39, 0.29) is 6.29 Å². The Hall–Kier alpha value is -0.490. The summed E-state index contributed by atoms with van der Waals surface area (Å²) in [5.41, 5.74) is 0. The number of rotatable bonds is 5. The minimum absolute atomic E-state index is 0.187. The van der Waals surface area contributed by atoms with Gasteiger partial charge < -0.3 is 24.9 Å². The van der Waals surface area contributed by atoms with Gasteiger partial charge in [0.25, 0.3) is 0 Å². The van der Waals surface area contributed by atoms with E-state index >= 15 is 0 Å². The van der Waals surface area contributed by atoms with Gasteiger partial charge in [-0.3, -0.25) is 0 Å². The minimum atomic E-state index is -1.51. The molecule has 5 heteroatoms. The lowest BCUT2D eigenvalue weighted by Gasteiger charge is -2.20. The summed E-state index contributed by atoms with van der Waals surface area (Å²) in [6.07, 6.45) is -3.61. The lowest BCUT2D eigenvalue weighted by molar-refractivity contribution is -0.130. The molecular weight excluding hydrogens is 152 g/mol. The second kappa shape index (κ2) is 5.20. The Morgan fingerprint density at radius 1 is 1.55 bits per heavy atom. The maximum absolute atomic E-state index is 9.94. The van der Waals surface area contributed by atoms with Crippen LogP contribution >= 0.6 is 0 Å². The van der Waals surface area contributed by atoms with Crippen molar-refractivity contribution in [3.63, 3.8) is 0 Å². The number of carbonyl (C=O) groups is 1. The molecule has 0 aromatic heterocycles. The summed E-state index contributed by atoms with van der Waals surface area (Å²) in [6, 6.07) is 0. The van der Waals surface area contributed by atoms with Gasteiger partial charge in [0.15, 0.2) is 6.29 Å². The van der Waals surface area contributed by atoms with E-state index in [1.807, 2.05) is 0 Å². The zero-order valence-corrected chi connectivity index (χ0v) is 6.17. The first-order valence-corrected chi connectivity index (χ1v) is 3.12. The standard InChI is InChI=1S/C6H12O5/c1-11-5(3-8)6(10)4(9)2-7/h2,4-6,8-10H,3H2,1H3. The van der Waals surface area contributed by atoms with Gasteiger partial charge in [0.2, 0.25) is 0 Å². The third-order valence-corrected chi connectivity index (χ3v) is 1.35. The topological polar surface area (TPSA) is 87.0 Å². The fourth-order valence-corrected chi connectivity index (χ4v) is 0.622. The highest BCUT2D eigenvalue weighted by atomic mass is 16.5. The third-order valence-electron chi connectivity index (χ3n) is 1.35. The zero-order valence-electron chi connectivity index (χ0n) is 6.17. The molecule has 0 saturated heterocycles. The Kier molecular flexibility index (Phi) is 4.97. The van der Waals surface area contributed by atoms with Crippen LogP contribution in [0.4, 0.5) is 0 Å². The minimum Gasteiger partial charge on any atom is -0.394 e. The maximum Gasteiger partial charge on any atom is 0.151 e.